The van der Waals surface area contributed by atoms with Gasteiger partial charge < -0.3 is 20.1 Å². The van der Waals surface area contributed by atoms with E-state index in [1.807, 2.05) is 0 Å². The Hall–Kier alpha value is -3.10. The summed E-state index contributed by atoms with van der Waals surface area (Å²) >= 11 is 0. The van der Waals surface area contributed by atoms with Crippen LogP contribution in [0.3, 0.4) is 0 Å². The summed E-state index contributed by atoms with van der Waals surface area (Å²) in [7, 11) is 0. The van der Waals surface area contributed by atoms with Crippen molar-refractivity contribution in [1.29, 1.82) is 0 Å². The van der Waals surface area contributed by atoms with E-state index in [4.69, 9.17) is 4.74 Å². The molecule has 9 nitrogen and oxygen atoms in total. The number of rotatable bonds is 1. The first-order chi connectivity index (χ1) is 12.0. The topological polar surface area (TPSA) is 113 Å². The Morgan fingerprint density at radius 3 is 3.00 bits per heavy atom. The summed E-state index contributed by atoms with van der Waals surface area (Å²) in [6.07, 6.45) is 3.47. The maximum Gasteiger partial charge on any atom is 0.407 e. The largest absolute Gasteiger partial charge is 0.504 e. The summed E-state index contributed by atoms with van der Waals surface area (Å²) in [5, 5.41) is 12.4. The van der Waals surface area contributed by atoms with E-state index >= 15 is 0 Å². The summed E-state index contributed by atoms with van der Waals surface area (Å²) in [4.78, 5) is 42.3. The first kappa shape index (κ1) is 15.4. The van der Waals surface area contributed by atoms with Crippen molar-refractivity contribution in [1.82, 2.24) is 19.6 Å². The number of piperidine rings is 1. The minimum atomic E-state index is -0.732. The van der Waals surface area contributed by atoms with Crippen LogP contribution in [0.5, 0.6) is 5.75 Å². The van der Waals surface area contributed by atoms with Crippen LogP contribution >= 0.6 is 0 Å². The molecule has 2 aliphatic heterocycles. The van der Waals surface area contributed by atoms with Gasteiger partial charge in [-0.2, -0.15) is 0 Å². The molecule has 2 aromatic heterocycles. The van der Waals surface area contributed by atoms with Crippen LogP contribution in [0.4, 0.5) is 4.79 Å². The zero-order valence-electron chi connectivity index (χ0n) is 13.3. The molecule has 1 spiro atoms. The maximum atomic E-state index is 12.8. The molecule has 9 heteroatoms. The zero-order chi connectivity index (χ0) is 17.6. The number of carbonyl (C=O) groups is 2. The quantitative estimate of drug-likeness (QED) is 0.759. The third-order valence-electron chi connectivity index (χ3n) is 4.63. The van der Waals surface area contributed by atoms with Crippen LogP contribution in [0, 0.1) is 0 Å². The summed E-state index contributed by atoms with van der Waals surface area (Å²) < 4.78 is 6.48. The van der Waals surface area contributed by atoms with E-state index in [-0.39, 0.29) is 23.5 Å². The molecule has 2 aromatic rings. The number of hydrogen-bond donors (Lipinski definition) is 2. The number of carbonyl (C=O) groups excluding carboxylic acids is 2. The van der Waals surface area contributed by atoms with E-state index in [9.17, 15) is 19.5 Å². The first-order valence-electron chi connectivity index (χ1n) is 7.95. The molecule has 0 saturated carbocycles. The minimum Gasteiger partial charge on any atom is -0.504 e. The molecule has 130 valence electrons. The molecule has 25 heavy (non-hydrogen) atoms. The first-order valence-corrected chi connectivity index (χ1v) is 7.95. The molecule has 2 amide bonds. The van der Waals surface area contributed by atoms with Gasteiger partial charge in [0.2, 0.25) is 0 Å². The van der Waals surface area contributed by atoms with Gasteiger partial charge in [-0.15, -0.1) is 0 Å². The normalized spacial score (nSPS) is 22.9. The predicted molar refractivity (Wildman–Crippen MR) is 85.5 cm³/mol. The lowest BCUT2D eigenvalue weighted by molar-refractivity contribution is -0.00512. The summed E-state index contributed by atoms with van der Waals surface area (Å²) in [5.41, 5.74) is -1.28. The van der Waals surface area contributed by atoms with Gasteiger partial charge in [0.25, 0.3) is 11.5 Å². The molecule has 0 aromatic carbocycles. The van der Waals surface area contributed by atoms with Crippen LogP contribution in [-0.2, 0) is 4.74 Å². The lowest BCUT2D eigenvalue weighted by atomic mass is 9.92. The van der Waals surface area contributed by atoms with Crippen molar-refractivity contribution in [2.45, 2.75) is 18.4 Å². The number of ether oxygens (including phenoxy) is 1. The lowest BCUT2D eigenvalue weighted by Gasteiger charge is -2.38. The van der Waals surface area contributed by atoms with Gasteiger partial charge in [-0.05, 0) is 25.0 Å². The molecular formula is C16H16N4O5. The summed E-state index contributed by atoms with van der Waals surface area (Å²) in [6, 6.07) is 2.91. The molecular weight excluding hydrogens is 328 g/mol. The Morgan fingerprint density at radius 2 is 2.24 bits per heavy atom. The average molecular weight is 344 g/mol. The molecule has 1 unspecified atom stereocenters. The SMILES string of the molecule is O=C1NCC2(CCCN(C(=O)c3cnc4c(O)cccn4c3=O)C2)O1. The molecule has 0 aliphatic carbocycles. The van der Waals surface area contributed by atoms with E-state index in [1.165, 1.54) is 29.4 Å². The number of fused-ring (bicyclic) bond motifs is 1. The number of hydrogen-bond acceptors (Lipinski definition) is 6. The minimum absolute atomic E-state index is 0.0857. The van der Waals surface area contributed by atoms with Crippen LogP contribution in [0.1, 0.15) is 23.2 Å². The number of nitrogens with zero attached hydrogens (tertiary/aromatic N) is 3. The van der Waals surface area contributed by atoms with Gasteiger partial charge in [0.1, 0.15) is 11.2 Å². The Bertz CT molecular complexity index is 940. The van der Waals surface area contributed by atoms with Crippen LogP contribution in [0.2, 0.25) is 0 Å². The number of pyridine rings is 1. The maximum absolute atomic E-state index is 12.8. The van der Waals surface area contributed by atoms with Crippen molar-refractivity contribution in [3.8, 4) is 5.75 Å². The van der Waals surface area contributed by atoms with Crippen LogP contribution < -0.4 is 10.9 Å². The Balaban J connectivity index is 1.67. The summed E-state index contributed by atoms with van der Waals surface area (Å²) in [5.74, 6) is -0.600. The second-order valence-corrected chi connectivity index (χ2v) is 6.32. The van der Waals surface area contributed by atoms with Crippen LogP contribution in [-0.4, -0.2) is 56.6 Å². The molecule has 0 bridgehead atoms. The third kappa shape index (κ3) is 2.48. The Kier molecular flexibility index (Phi) is 3.38. The van der Waals surface area contributed by atoms with Gasteiger partial charge >= 0.3 is 6.09 Å². The van der Waals surface area contributed by atoms with Crippen molar-refractivity contribution in [2.75, 3.05) is 19.6 Å². The van der Waals surface area contributed by atoms with Gasteiger partial charge in [-0.3, -0.25) is 14.0 Å². The number of likely N-dealkylation sites (tertiary alicyclic amines) is 1. The van der Waals surface area contributed by atoms with Gasteiger partial charge in [0.05, 0.1) is 13.1 Å². The number of nitrogens with one attached hydrogen (secondary N) is 1. The number of alkyl carbamates (subject to hydrolysis) is 1. The van der Waals surface area contributed by atoms with Crippen LogP contribution in [0.15, 0.2) is 29.3 Å². The summed E-state index contributed by atoms with van der Waals surface area (Å²) in [6.45, 7) is 1.05. The smallest absolute Gasteiger partial charge is 0.407 e. The second-order valence-electron chi connectivity index (χ2n) is 6.32. The molecule has 2 saturated heterocycles. The van der Waals surface area contributed by atoms with Crippen LogP contribution in [0.25, 0.3) is 5.65 Å². The van der Waals surface area contributed by atoms with Gasteiger partial charge in [-0.25, -0.2) is 9.78 Å². The van der Waals surface area contributed by atoms with E-state index < -0.39 is 23.2 Å². The monoisotopic (exact) mass is 344 g/mol. The van der Waals surface area contributed by atoms with Crippen molar-refractivity contribution < 1.29 is 19.4 Å². The number of aromatic hydroxyl groups is 1. The Morgan fingerprint density at radius 1 is 1.40 bits per heavy atom. The van der Waals surface area contributed by atoms with E-state index in [0.717, 1.165) is 4.40 Å². The number of amides is 2. The molecule has 0 radical (unpaired) electrons. The highest BCUT2D eigenvalue weighted by Gasteiger charge is 2.45. The number of aromatic nitrogens is 2. The lowest BCUT2D eigenvalue weighted by Crippen LogP contribution is -2.53. The van der Waals surface area contributed by atoms with Crippen molar-refractivity contribution in [2.24, 2.45) is 0 Å². The van der Waals surface area contributed by atoms with E-state index in [2.05, 4.69) is 10.3 Å². The Labute approximate surface area is 141 Å². The second kappa shape index (κ2) is 5.47. The van der Waals surface area contributed by atoms with Gasteiger partial charge in [0.15, 0.2) is 11.4 Å². The fourth-order valence-electron chi connectivity index (χ4n) is 3.41. The van der Waals surface area contributed by atoms with Crippen molar-refractivity contribution in [3.63, 3.8) is 0 Å². The van der Waals surface area contributed by atoms with E-state index in [1.54, 1.807) is 0 Å². The molecule has 2 fully saturated rings. The van der Waals surface area contributed by atoms with E-state index in [0.29, 0.717) is 25.9 Å². The van der Waals surface area contributed by atoms with Gasteiger partial charge in [-0.1, -0.05) is 0 Å². The molecule has 2 aliphatic rings. The molecule has 4 heterocycles. The van der Waals surface area contributed by atoms with Crippen molar-refractivity contribution in [3.05, 3.63) is 40.4 Å². The highest BCUT2D eigenvalue weighted by atomic mass is 16.6. The standard InChI is InChI=1S/C16H16N4O5/c21-11-3-1-6-20-12(11)17-7-10(14(20)23)13(22)19-5-2-4-16(9-19)8-18-15(24)25-16/h1,3,6-7,21H,2,4-5,8-9H2,(H,18,24). The fourth-order valence-corrected chi connectivity index (χ4v) is 3.41. The average Bonchev–Trinajstić information content (AvgIpc) is 2.95. The van der Waals surface area contributed by atoms with Gasteiger partial charge in [0, 0.05) is 18.9 Å². The predicted octanol–water partition coefficient (Wildman–Crippen LogP) is 0.115. The highest BCUT2D eigenvalue weighted by molar-refractivity contribution is 5.94. The third-order valence-corrected chi connectivity index (χ3v) is 4.63. The molecule has 2 N–H and O–H groups in total. The molecule has 1 atom stereocenters. The zero-order valence-corrected chi connectivity index (χ0v) is 13.3. The van der Waals surface area contributed by atoms with Crippen molar-refractivity contribution >= 4 is 17.6 Å². The molecule has 4 rings (SSSR count). The fraction of sp³-hybridized carbons (Fsp3) is 0.375. The highest BCUT2D eigenvalue weighted by Crippen LogP contribution is 2.28.